The first kappa shape index (κ1) is 26.7. The van der Waals surface area contributed by atoms with Crippen LogP contribution >= 0.6 is 0 Å². The Hall–Kier alpha value is -3.39. The van der Waals surface area contributed by atoms with Gasteiger partial charge in [-0.15, -0.1) is 0 Å². The molecular formula is C29H35N3O4S. The van der Waals surface area contributed by atoms with Crippen molar-refractivity contribution in [3.8, 4) is 0 Å². The maximum atomic E-state index is 13.4. The Bertz CT molecular complexity index is 1390. The lowest BCUT2D eigenvalue weighted by molar-refractivity contribution is -0.140. The van der Waals surface area contributed by atoms with Gasteiger partial charge in [0.25, 0.3) is 10.0 Å². The third-order valence-electron chi connectivity index (χ3n) is 6.58. The van der Waals surface area contributed by atoms with Crippen molar-refractivity contribution in [3.05, 3.63) is 72.3 Å². The molecule has 7 nitrogen and oxygen atoms in total. The molecule has 2 amide bonds. The molecule has 196 valence electrons. The molecule has 1 atom stereocenters. The first-order valence-electron chi connectivity index (χ1n) is 12.7. The summed E-state index contributed by atoms with van der Waals surface area (Å²) >= 11 is 0. The largest absolute Gasteiger partial charge is 0.350 e. The number of benzene rings is 3. The molecule has 1 N–H and O–H groups in total. The van der Waals surface area contributed by atoms with E-state index in [2.05, 4.69) is 5.32 Å². The molecule has 0 aliphatic carbocycles. The maximum absolute atomic E-state index is 13.4. The van der Waals surface area contributed by atoms with Crippen molar-refractivity contribution in [2.75, 3.05) is 17.4 Å². The quantitative estimate of drug-likeness (QED) is 0.449. The summed E-state index contributed by atoms with van der Waals surface area (Å²) in [6, 6.07) is 20.0. The minimum atomic E-state index is -3.67. The lowest BCUT2D eigenvalue weighted by Gasteiger charge is -2.31. The second kappa shape index (κ2) is 10.5. The Kier molecular flexibility index (Phi) is 7.59. The summed E-state index contributed by atoms with van der Waals surface area (Å²) in [5, 5.41) is 4.57. The van der Waals surface area contributed by atoms with Crippen LogP contribution in [0.1, 0.15) is 46.1 Å². The van der Waals surface area contributed by atoms with Gasteiger partial charge in [0, 0.05) is 30.4 Å². The SMILES string of the molecule is C[C@H](C(=O)NC(C)(C)C)N(CCc1ccccc1)C(=O)CCCN1c2cccc3cccc(c23)S1(=O)=O. The van der Waals surface area contributed by atoms with Gasteiger partial charge in [0.2, 0.25) is 11.8 Å². The van der Waals surface area contributed by atoms with E-state index in [0.717, 1.165) is 16.3 Å². The van der Waals surface area contributed by atoms with Crippen molar-refractivity contribution >= 4 is 38.3 Å². The standard InChI is InChI=1S/C29H35N3O4S/c1-21(28(34)30-29(2,3)4)31(20-18-22-11-6-5-7-12-22)26(33)17-10-19-32-24-15-8-13-23-14-9-16-25(27(23)24)37(32,35)36/h5-9,11-16,21H,10,17-20H2,1-4H3,(H,30,34)/t21-/m1/s1. The molecule has 4 rings (SSSR count). The van der Waals surface area contributed by atoms with Crippen LogP contribution in [-0.2, 0) is 26.0 Å². The van der Waals surface area contributed by atoms with Crippen LogP contribution in [0.4, 0.5) is 5.69 Å². The van der Waals surface area contributed by atoms with Gasteiger partial charge in [-0.1, -0.05) is 54.6 Å². The van der Waals surface area contributed by atoms with Crippen LogP contribution in [0.15, 0.2) is 71.6 Å². The molecule has 0 spiro atoms. The minimum Gasteiger partial charge on any atom is -0.350 e. The number of sulfonamides is 1. The van der Waals surface area contributed by atoms with Crippen LogP contribution in [0.5, 0.6) is 0 Å². The number of nitrogens with one attached hydrogen (secondary N) is 1. The van der Waals surface area contributed by atoms with Gasteiger partial charge in [0.1, 0.15) is 6.04 Å². The van der Waals surface area contributed by atoms with Crippen LogP contribution in [0, 0.1) is 0 Å². The van der Waals surface area contributed by atoms with Gasteiger partial charge in [0.15, 0.2) is 0 Å². The molecule has 0 radical (unpaired) electrons. The molecule has 1 aliphatic heterocycles. The molecule has 1 aliphatic rings. The number of amides is 2. The number of carbonyl (C=O) groups excluding carboxylic acids is 2. The van der Waals surface area contributed by atoms with Gasteiger partial charge in [-0.05, 0) is 63.6 Å². The normalized spacial score (nSPS) is 15.0. The molecule has 0 saturated heterocycles. The van der Waals surface area contributed by atoms with E-state index < -0.39 is 21.6 Å². The van der Waals surface area contributed by atoms with Crippen molar-refractivity contribution in [1.82, 2.24) is 10.2 Å². The van der Waals surface area contributed by atoms with Crippen LogP contribution < -0.4 is 9.62 Å². The summed E-state index contributed by atoms with van der Waals surface area (Å²) in [5.41, 5.74) is 1.32. The molecule has 0 unspecified atom stereocenters. The third-order valence-corrected chi connectivity index (χ3v) is 8.44. The lowest BCUT2D eigenvalue weighted by Crippen LogP contribution is -2.53. The fraction of sp³-hybridized carbons (Fsp3) is 0.379. The van der Waals surface area contributed by atoms with Gasteiger partial charge in [-0.2, -0.15) is 0 Å². The van der Waals surface area contributed by atoms with E-state index in [9.17, 15) is 18.0 Å². The summed E-state index contributed by atoms with van der Waals surface area (Å²) in [7, 11) is -3.67. The first-order chi connectivity index (χ1) is 17.5. The monoisotopic (exact) mass is 521 g/mol. The highest BCUT2D eigenvalue weighted by Crippen LogP contribution is 2.42. The zero-order chi connectivity index (χ0) is 26.8. The van der Waals surface area contributed by atoms with E-state index in [-0.39, 0.29) is 24.8 Å². The van der Waals surface area contributed by atoms with Crippen molar-refractivity contribution in [2.24, 2.45) is 0 Å². The van der Waals surface area contributed by atoms with E-state index in [4.69, 9.17) is 0 Å². The molecule has 0 bridgehead atoms. The fourth-order valence-corrected chi connectivity index (χ4v) is 6.51. The zero-order valence-corrected chi connectivity index (χ0v) is 22.7. The minimum absolute atomic E-state index is 0.139. The van der Waals surface area contributed by atoms with E-state index >= 15 is 0 Å². The maximum Gasteiger partial charge on any atom is 0.265 e. The van der Waals surface area contributed by atoms with Gasteiger partial charge < -0.3 is 10.2 Å². The predicted octanol–water partition coefficient (Wildman–Crippen LogP) is 4.50. The number of anilines is 1. The number of carbonyl (C=O) groups is 2. The topological polar surface area (TPSA) is 86.8 Å². The molecule has 3 aromatic carbocycles. The van der Waals surface area contributed by atoms with Crippen molar-refractivity contribution in [2.45, 2.75) is 63.4 Å². The molecule has 3 aromatic rings. The number of hydrogen-bond donors (Lipinski definition) is 1. The van der Waals surface area contributed by atoms with Crippen LogP contribution in [0.3, 0.4) is 0 Å². The molecule has 0 aromatic heterocycles. The number of nitrogens with zero attached hydrogens (tertiary/aromatic N) is 2. The van der Waals surface area contributed by atoms with Crippen LogP contribution in [0.25, 0.3) is 10.8 Å². The Balaban J connectivity index is 1.47. The summed E-state index contributed by atoms with van der Waals surface area (Å²) in [6.45, 7) is 8.05. The average molecular weight is 522 g/mol. The smallest absolute Gasteiger partial charge is 0.265 e. The van der Waals surface area contributed by atoms with Crippen molar-refractivity contribution in [1.29, 1.82) is 0 Å². The molecular weight excluding hydrogens is 486 g/mol. The van der Waals surface area contributed by atoms with Crippen LogP contribution in [-0.4, -0.2) is 49.8 Å². The molecule has 0 fully saturated rings. The fourth-order valence-electron chi connectivity index (χ4n) is 4.76. The molecule has 0 saturated carbocycles. The Morgan fingerprint density at radius 2 is 1.65 bits per heavy atom. The van der Waals surface area contributed by atoms with Gasteiger partial charge >= 0.3 is 0 Å². The first-order valence-corrected chi connectivity index (χ1v) is 14.1. The predicted molar refractivity (Wildman–Crippen MR) is 147 cm³/mol. The summed E-state index contributed by atoms with van der Waals surface area (Å²) in [4.78, 5) is 28.2. The number of hydrogen-bond acceptors (Lipinski definition) is 4. The van der Waals surface area contributed by atoms with E-state index in [1.807, 2.05) is 75.4 Å². The van der Waals surface area contributed by atoms with E-state index in [0.29, 0.717) is 30.0 Å². The van der Waals surface area contributed by atoms with Crippen molar-refractivity contribution in [3.63, 3.8) is 0 Å². The highest BCUT2D eigenvalue weighted by molar-refractivity contribution is 7.93. The second-order valence-corrected chi connectivity index (χ2v) is 12.4. The average Bonchev–Trinajstić information content (AvgIpc) is 3.07. The van der Waals surface area contributed by atoms with E-state index in [1.165, 1.54) is 4.31 Å². The highest BCUT2D eigenvalue weighted by atomic mass is 32.2. The van der Waals surface area contributed by atoms with Gasteiger partial charge in [0.05, 0.1) is 10.6 Å². The summed E-state index contributed by atoms with van der Waals surface area (Å²) in [5.74, 6) is -0.377. The molecule has 1 heterocycles. The lowest BCUT2D eigenvalue weighted by atomic mass is 10.1. The van der Waals surface area contributed by atoms with Crippen molar-refractivity contribution < 1.29 is 18.0 Å². The van der Waals surface area contributed by atoms with Gasteiger partial charge in [-0.3, -0.25) is 13.9 Å². The zero-order valence-electron chi connectivity index (χ0n) is 21.9. The second-order valence-electron chi connectivity index (χ2n) is 10.6. The Morgan fingerprint density at radius 3 is 2.32 bits per heavy atom. The highest BCUT2D eigenvalue weighted by Gasteiger charge is 2.35. The van der Waals surface area contributed by atoms with E-state index in [1.54, 1.807) is 24.0 Å². The summed E-state index contributed by atoms with van der Waals surface area (Å²) < 4.78 is 27.9. The summed E-state index contributed by atoms with van der Waals surface area (Å²) in [6.07, 6.45) is 1.11. The Morgan fingerprint density at radius 1 is 0.973 bits per heavy atom. The van der Waals surface area contributed by atoms with Crippen LogP contribution in [0.2, 0.25) is 0 Å². The van der Waals surface area contributed by atoms with Gasteiger partial charge in [-0.25, -0.2) is 8.42 Å². The number of rotatable bonds is 9. The molecule has 8 heteroatoms. The Labute approximate surface area is 219 Å². The molecule has 37 heavy (non-hydrogen) atoms. The third kappa shape index (κ3) is 5.80.